The van der Waals surface area contributed by atoms with Crippen LogP contribution in [-0.4, -0.2) is 34.9 Å². The number of carbonyl (C=O) groups is 1. The van der Waals surface area contributed by atoms with Crippen LogP contribution in [0.5, 0.6) is 0 Å². The smallest absolute Gasteiger partial charge is 0.373 e. The van der Waals surface area contributed by atoms with E-state index in [2.05, 4.69) is 32.8 Å². The van der Waals surface area contributed by atoms with E-state index in [0.29, 0.717) is 33.8 Å². The number of aromatic nitrogens is 2. The molecule has 2 N–H and O–H groups in total. The normalized spacial score (nSPS) is 23.7. The number of ether oxygens (including phenoxy) is 1. The van der Waals surface area contributed by atoms with E-state index in [0.717, 1.165) is 54.9 Å². The van der Waals surface area contributed by atoms with E-state index >= 15 is 0 Å². The first-order valence-electron chi connectivity index (χ1n) is 12.5. The number of rotatable bonds is 7. The van der Waals surface area contributed by atoms with E-state index in [9.17, 15) is 4.79 Å². The quantitative estimate of drug-likeness (QED) is 0.389. The molecule has 11 heteroatoms. The number of nitrogens with zero attached hydrogens (tertiary/aromatic N) is 3. The van der Waals surface area contributed by atoms with Gasteiger partial charge in [0.05, 0.1) is 22.8 Å². The van der Waals surface area contributed by atoms with E-state index in [1.54, 1.807) is 6.20 Å². The highest BCUT2D eigenvalue weighted by molar-refractivity contribution is 6.39. The summed E-state index contributed by atoms with van der Waals surface area (Å²) in [5.41, 5.74) is 5.78. The molecular formula is C26H27Cl2N5O4. The van der Waals surface area contributed by atoms with Gasteiger partial charge in [-0.1, -0.05) is 40.5 Å². The van der Waals surface area contributed by atoms with E-state index in [-0.39, 0.29) is 12.1 Å². The Morgan fingerprint density at radius 1 is 1.16 bits per heavy atom. The third-order valence-electron chi connectivity index (χ3n) is 7.19. The topological polar surface area (TPSA) is 102 Å². The molecular weight excluding hydrogens is 517 g/mol. The molecule has 3 atom stereocenters. The molecule has 3 fully saturated rings. The summed E-state index contributed by atoms with van der Waals surface area (Å²) in [5.74, 6) is 2.17. The molecule has 1 amide bonds. The second-order valence-electron chi connectivity index (χ2n) is 9.78. The van der Waals surface area contributed by atoms with Gasteiger partial charge in [-0.3, -0.25) is 5.32 Å². The molecule has 0 spiro atoms. The zero-order valence-corrected chi connectivity index (χ0v) is 21.8. The molecule has 0 bridgehead atoms. The summed E-state index contributed by atoms with van der Waals surface area (Å²) < 4.78 is 12.2. The number of halogens is 2. The van der Waals surface area contributed by atoms with Crippen LogP contribution in [0.25, 0.3) is 11.3 Å². The van der Waals surface area contributed by atoms with Gasteiger partial charge in [0.15, 0.2) is 0 Å². The maximum absolute atomic E-state index is 11.3. The number of hydroxylamine groups is 1. The summed E-state index contributed by atoms with van der Waals surface area (Å²) in [7, 11) is 0. The molecule has 3 aromatic rings. The molecule has 4 heterocycles. The lowest BCUT2D eigenvalue weighted by atomic mass is 10.00. The van der Waals surface area contributed by atoms with Crippen molar-refractivity contribution in [3.63, 3.8) is 0 Å². The Bertz CT molecular complexity index is 1280. The van der Waals surface area contributed by atoms with Gasteiger partial charge in [0.25, 0.3) is 0 Å². The minimum absolute atomic E-state index is 0.0945. The number of hydrogen-bond acceptors (Lipinski definition) is 8. The average Bonchev–Trinajstić information content (AvgIpc) is 3.51. The minimum atomic E-state index is -0.498. The monoisotopic (exact) mass is 543 g/mol. The van der Waals surface area contributed by atoms with Crippen LogP contribution in [0.1, 0.15) is 61.6 Å². The third kappa shape index (κ3) is 5.01. The lowest BCUT2D eigenvalue weighted by Crippen LogP contribution is -2.44. The van der Waals surface area contributed by atoms with Crippen LogP contribution in [0, 0.1) is 0 Å². The SMILES string of the molecule is C[C@@H]1C[C@H](OCc2c(-c3c(Cl)cccc3Cl)noc2C2CC2)CCN1c1ccc(C2NOC(=O)N2)cn1. The van der Waals surface area contributed by atoms with Gasteiger partial charge < -0.3 is 19.0 Å². The summed E-state index contributed by atoms with van der Waals surface area (Å²) in [4.78, 5) is 22.9. The fraction of sp³-hybridized carbons (Fsp3) is 0.423. The highest BCUT2D eigenvalue weighted by Crippen LogP contribution is 2.46. The standard InChI is InChI=1S/C26H27Cl2N5O4/c1-14-11-17(9-10-33(14)21-8-7-16(12-29-21)25-30-26(34)37-32-25)35-13-18-23(31-36-24(18)15-5-6-15)22-19(27)3-2-4-20(22)28/h2-4,7-8,12,14-15,17,25,32H,5-6,9-11,13H2,1H3,(H,30,34)/t14-,17-,25?/m1/s1. The Labute approximate surface area is 224 Å². The van der Waals surface area contributed by atoms with Crippen molar-refractivity contribution >= 4 is 35.1 Å². The minimum Gasteiger partial charge on any atom is -0.373 e. The molecule has 3 aliphatic rings. The summed E-state index contributed by atoms with van der Waals surface area (Å²) in [6, 6.07) is 9.60. The fourth-order valence-electron chi connectivity index (χ4n) is 5.05. The maximum atomic E-state index is 11.3. The molecule has 1 aromatic carbocycles. The molecule has 9 nitrogen and oxygen atoms in total. The predicted octanol–water partition coefficient (Wildman–Crippen LogP) is 5.74. The van der Waals surface area contributed by atoms with Crippen LogP contribution >= 0.6 is 23.2 Å². The molecule has 2 saturated heterocycles. The van der Waals surface area contributed by atoms with Crippen molar-refractivity contribution in [1.82, 2.24) is 20.9 Å². The predicted molar refractivity (Wildman–Crippen MR) is 138 cm³/mol. The summed E-state index contributed by atoms with van der Waals surface area (Å²) in [5, 5.41) is 8.13. The number of amides is 1. The Balaban J connectivity index is 1.12. The Morgan fingerprint density at radius 3 is 2.62 bits per heavy atom. The highest BCUT2D eigenvalue weighted by atomic mass is 35.5. The molecule has 1 aliphatic carbocycles. The van der Waals surface area contributed by atoms with Gasteiger partial charge in [0.1, 0.15) is 23.4 Å². The molecule has 37 heavy (non-hydrogen) atoms. The van der Waals surface area contributed by atoms with Crippen molar-refractivity contribution in [2.24, 2.45) is 0 Å². The van der Waals surface area contributed by atoms with E-state index < -0.39 is 12.3 Å². The van der Waals surface area contributed by atoms with Gasteiger partial charge >= 0.3 is 6.09 Å². The average molecular weight is 544 g/mol. The van der Waals surface area contributed by atoms with Gasteiger partial charge in [0, 0.05) is 41.4 Å². The number of piperidine rings is 1. The molecule has 0 radical (unpaired) electrons. The van der Waals surface area contributed by atoms with Crippen molar-refractivity contribution in [3.05, 3.63) is 63.5 Å². The van der Waals surface area contributed by atoms with Gasteiger partial charge in [-0.15, -0.1) is 5.48 Å². The Hall–Kier alpha value is -2.85. The molecule has 194 valence electrons. The number of hydrogen-bond donors (Lipinski definition) is 2. The molecule has 2 aliphatic heterocycles. The maximum Gasteiger partial charge on any atom is 0.427 e. The fourth-order valence-corrected chi connectivity index (χ4v) is 5.63. The van der Waals surface area contributed by atoms with Gasteiger partial charge in [-0.05, 0) is 50.8 Å². The zero-order valence-electron chi connectivity index (χ0n) is 20.2. The Morgan fingerprint density at radius 2 is 1.97 bits per heavy atom. The van der Waals surface area contributed by atoms with Crippen LogP contribution in [-0.2, 0) is 16.2 Å². The number of carbonyl (C=O) groups excluding carboxylic acids is 1. The summed E-state index contributed by atoms with van der Waals surface area (Å²) >= 11 is 13.0. The van der Waals surface area contributed by atoms with Gasteiger partial charge in [-0.2, -0.15) is 0 Å². The van der Waals surface area contributed by atoms with E-state index in [1.165, 1.54) is 0 Å². The number of nitrogens with one attached hydrogen (secondary N) is 2. The van der Waals surface area contributed by atoms with E-state index in [4.69, 9.17) is 37.3 Å². The Kier molecular flexibility index (Phi) is 6.71. The van der Waals surface area contributed by atoms with Crippen molar-refractivity contribution < 1.29 is 18.9 Å². The van der Waals surface area contributed by atoms with Gasteiger partial charge in [-0.25, -0.2) is 9.78 Å². The summed E-state index contributed by atoms with van der Waals surface area (Å²) in [6.45, 7) is 3.41. The van der Waals surface area contributed by atoms with Crippen LogP contribution < -0.4 is 15.7 Å². The number of pyridine rings is 1. The van der Waals surface area contributed by atoms with Crippen LogP contribution in [0.15, 0.2) is 41.1 Å². The first-order chi connectivity index (χ1) is 18.0. The number of anilines is 1. The van der Waals surface area contributed by atoms with Crippen molar-refractivity contribution in [2.75, 3.05) is 11.4 Å². The lowest BCUT2D eigenvalue weighted by molar-refractivity contribution is 0.0174. The third-order valence-corrected chi connectivity index (χ3v) is 7.82. The largest absolute Gasteiger partial charge is 0.427 e. The van der Waals surface area contributed by atoms with Crippen LogP contribution in [0.3, 0.4) is 0 Å². The molecule has 2 aromatic heterocycles. The molecule has 6 rings (SSSR count). The number of benzene rings is 1. The molecule has 1 saturated carbocycles. The first-order valence-corrected chi connectivity index (χ1v) is 13.2. The lowest BCUT2D eigenvalue weighted by Gasteiger charge is -2.38. The van der Waals surface area contributed by atoms with Gasteiger partial charge in [0.2, 0.25) is 0 Å². The summed E-state index contributed by atoms with van der Waals surface area (Å²) in [6.07, 6.45) is 4.88. The second-order valence-corrected chi connectivity index (χ2v) is 10.6. The van der Waals surface area contributed by atoms with E-state index in [1.807, 2.05) is 30.3 Å². The zero-order chi connectivity index (χ0) is 25.5. The second kappa shape index (κ2) is 10.1. The van der Waals surface area contributed by atoms with Crippen LogP contribution in [0.4, 0.5) is 10.6 Å². The van der Waals surface area contributed by atoms with Crippen molar-refractivity contribution in [2.45, 2.75) is 63.4 Å². The van der Waals surface area contributed by atoms with Crippen LogP contribution in [0.2, 0.25) is 10.0 Å². The highest BCUT2D eigenvalue weighted by Gasteiger charge is 2.35. The van der Waals surface area contributed by atoms with Crippen molar-refractivity contribution in [3.8, 4) is 11.3 Å². The molecule has 1 unspecified atom stereocenters. The van der Waals surface area contributed by atoms with Crippen molar-refractivity contribution in [1.29, 1.82) is 0 Å². The first kappa shape index (κ1) is 24.5.